The van der Waals surface area contributed by atoms with Crippen LogP contribution < -0.4 is 5.32 Å². The van der Waals surface area contributed by atoms with Gasteiger partial charge in [0.1, 0.15) is 0 Å². The number of rotatable bonds is 2. The lowest BCUT2D eigenvalue weighted by molar-refractivity contribution is -0.142. The Morgan fingerprint density at radius 2 is 2.05 bits per heavy atom. The van der Waals surface area contributed by atoms with Crippen molar-refractivity contribution in [1.29, 1.82) is 0 Å². The molecule has 1 aromatic carbocycles. The average Bonchev–Trinajstić information content (AvgIpc) is 2.38. The Bertz CT molecular complexity index is 465. The second kappa shape index (κ2) is 5.21. The topological polar surface area (TPSA) is 49.3 Å². The summed E-state index contributed by atoms with van der Waals surface area (Å²) < 4.78 is 37.8. The van der Waals surface area contributed by atoms with Crippen molar-refractivity contribution < 1.29 is 23.1 Å². The number of hydrogen-bond acceptors (Lipinski definition) is 2. The number of aliphatic carboxylic acids is 1. The Morgan fingerprint density at radius 1 is 1.32 bits per heavy atom. The minimum absolute atomic E-state index is 0.210. The third-order valence-corrected chi connectivity index (χ3v) is 3.38. The molecule has 1 aliphatic rings. The number of benzene rings is 1. The van der Waals surface area contributed by atoms with Crippen molar-refractivity contribution in [3.8, 4) is 0 Å². The second-order valence-corrected chi connectivity index (χ2v) is 4.70. The Kier molecular flexibility index (Phi) is 3.80. The lowest BCUT2D eigenvalue weighted by Gasteiger charge is -2.28. The summed E-state index contributed by atoms with van der Waals surface area (Å²) in [5.74, 6) is -1.32. The fourth-order valence-corrected chi connectivity index (χ4v) is 2.28. The molecular weight excluding hydrogens is 259 g/mol. The molecule has 0 amide bonds. The second-order valence-electron chi connectivity index (χ2n) is 4.70. The minimum Gasteiger partial charge on any atom is -0.481 e. The van der Waals surface area contributed by atoms with Gasteiger partial charge in [-0.1, -0.05) is 12.1 Å². The highest BCUT2D eigenvalue weighted by atomic mass is 19.4. The first kappa shape index (κ1) is 13.9. The number of hydrogen-bond donors (Lipinski definition) is 2. The molecule has 6 heteroatoms. The van der Waals surface area contributed by atoms with Crippen LogP contribution >= 0.6 is 0 Å². The first-order valence-electron chi connectivity index (χ1n) is 6.01. The van der Waals surface area contributed by atoms with E-state index in [0.29, 0.717) is 18.4 Å². The molecular formula is C13H14F3NO2. The van der Waals surface area contributed by atoms with Crippen LogP contribution in [0.2, 0.25) is 0 Å². The lowest BCUT2D eigenvalue weighted by atomic mass is 9.90. The molecule has 104 valence electrons. The van der Waals surface area contributed by atoms with E-state index in [9.17, 15) is 18.0 Å². The predicted octanol–water partition coefficient (Wildman–Crippen LogP) is 2.83. The normalized spacial score (nSPS) is 24.2. The van der Waals surface area contributed by atoms with Gasteiger partial charge >= 0.3 is 12.1 Å². The highest BCUT2D eigenvalue weighted by Gasteiger charge is 2.32. The molecule has 1 heterocycles. The third kappa shape index (κ3) is 3.26. The summed E-state index contributed by atoms with van der Waals surface area (Å²) >= 11 is 0. The van der Waals surface area contributed by atoms with E-state index < -0.39 is 23.6 Å². The zero-order chi connectivity index (χ0) is 14.0. The average molecular weight is 273 g/mol. The summed E-state index contributed by atoms with van der Waals surface area (Å²) in [6.45, 7) is 0.288. The number of carboxylic acids is 1. The minimum atomic E-state index is -4.35. The monoisotopic (exact) mass is 273 g/mol. The number of alkyl halides is 3. The van der Waals surface area contributed by atoms with E-state index in [1.165, 1.54) is 6.07 Å². The Hall–Kier alpha value is -1.56. The van der Waals surface area contributed by atoms with Gasteiger partial charge in [-0.05, 0) is 30.5 Å². The molecule has 1 saturated heterocycles. The molecule has 0 radical (unpaired) electrons. The third-order valence-electron chi connectivity index (χ3n) is 3.38. The highest BCUT2D eigenvalue weighted by molar-refractivity contribution is 5.70. The smallest absolute Gasteiger partial charge is 0.416 e. The SMILES string of the molecule is O=C(O)C1CCC(c2cccc(C(F)(F)F)c2)NC1. The van der Waals surface area contributed by atoms with Gasteiger partial charge in [-0.2, -0.15) is 13.2 Å². The molecule has 0 bridgehead atoms. The summed E-state index contributed by atoms with van der Waals surface area (Å²) in [5, 5.41) is 11.9. The molecule has 2 atom stereocenters. The van der Waals surface area contributed by atoms with Crippen LogP contribution in [0, 0.1) is 5.92 Å². The van der Waals surface area contributed by atoms with Crippen LogP contribution in [0.1, 0.15) is 30.0 Å². The van der Waals surface area contributed by atoms with Crippen molar-refractivity contribution in [1.82, 2.24) is 5.32 Å². The standard InChI is InChI=1S/C13H14F3NO2/c14-13(15,16)10-3-1-2-8(6-10)11-5-4-9(7-17-11)12(18)19/h1-3,6,9,11,17H,4-5,7H2,(H,18,19). The van der Waals surface area contributed by atoms with Crippen LogP contribution in [0.25, 0.3) is 0 Å². The molecule has 2 N–H and O–H groups in total. The van der Waals surface area contributed by atoms with E-state index >= 15 is 0 Å². The van der Waals surface area contributed by atoms with Gasteiger partial charge in [0, 0.05) is 12.6 Å². The van der Waals surface area contributed by atoms with Crippen LogP contribution in [0.3, 0.4) is 0 Å². The maximum absolute atomic E-state index is 12.6. The van der Waals surface area contributed by atoms with Gasteiger partial charge < -0.3 is 10.4 Å². The summed E-state index contributed by atoms with van der Waals surface area (Å²) in [6, 6.07) is 4.96. The van der Waals surface area contributed by atoms with Crippen molar-refractivity contribution >= 4 is 5.97 Å². The van der Waals surface area contributed by atoms with Crippen molar-refractivity contribution in [2.24, 2.45) is 5.92 Å². The molecule has 1 aliphatic heterocycles. The molecule has 19 heavy (non-hydrogen) atoms. The summed E-state index contributed by atoms with van der Waals surface area (Å²) in [7, 11) is 0. The number of carbonyl (C=O) groups is 1. The molecule has 0 saturated carbocycles. The van der Waals surface area contributed by atoms with Gasteiger partial charge in [-0.3, -0.25) is 4.79 Å². The van der Waals surface area contributed by atoms with Gasteiger partial charge in [0.05, 0.1) is 11.5 Å². The fraction of sp³-hybridized carbons (Fsp3) is 0.462. The van der Waals surface area contributed by atoms with Crippen molar-refractivity contribution in [3.63, 3.8) is 0 Å². The number of carboxylic acid groups (broad SMARTS) is 1. The van der Waals surface area contributed by atoms with Gasteiger partial charge in [-0.25, -0.2) is 0 Å². The maximum Gasteiger partial charge on any atom is 0.416 e. The van der Waals surface area contributed by atoms with Crippen LogP contribution in [-0.2, 0) is 11.0 Å². The zero-order valence-corrected chi connectivity index (χ0v) is 10.1. The van der Waals surface area contributed by atoms with Crippen LogP contribution in [-0.4, -0.2) is 17.6 Å². The van der Waals surface area contributed by atoms with E-state index in [4.69, 9.17) is 5.11 Å². The van der Waals surface area contributed by atoms with E-state index in [2.05, 4.69) is 5.32 Å². The van der Waals surface area contributed by atoms with Crippen molar-refractivity contribution in [2.45, 2.75) is 25.1 Å². The van der Waals surface area contributed by atoms with Gasteiger partial charge in [0.15, 0.2) is 0 Å². The molecule has 1 aromatic rings. The molecule has 0 aliphatic carbocycles. The fourth-order valence-electron chi connectivity index (χ4n) is 2.28. The predicted molar refractivity (Wildman–Crippen MR) is 62.5 cm³/mol. The Morgan fingerprint density at radius 3 is 2.58 bits per heavy atom. The van der Waals surface area contributed by atoms with Crippen LogP contribution in [0.4, 0.5) is 13.2 Å². The summed E-state index contributed by atoms with van der Waals surface area (Å²) in [4.78, 5) is 10.8. The number of halogens is 3. The van der Waals surface area contributed by atoms with E-state index in [1.807, 2.05) is 0 Å². The van der Waals surface area contributed by atoms with Crippen LogP contribution in [0.5, 0.6) is 0 Å². The van der Waals surface area contributed by atoms with Crippen molar-refractivity contribution in [3.05, 3.63) is 35.4 Å². The summed E-state index contributed by atoms with van der Waals surface area (Å²) in [6.07, 6.45) is -3.35. The molecule has 2 unspecified atom stereocenters. The molecule has 1 fully saturated rings. The van der Waals surface area contributed by atoms with Gasteiger partial charge in [0.25, 0.3) is 0 Å². The maximum atomic E-state index is 12.6. The molecule has 2 rings (SSSR count). The number of piperidine rings is 1. The first-order chi connectivity index (χ1) is 8.88. The quantitative estimate of drug-likeness (QED) is 0.871. The largest absolute Gasteiger partial charge is 0.481 e. The van der Waals surface area contributed by atoms with Crippen molar-refractivity contribution in [2.75, 3.05) is 6.54 Å². The van der Waals surface area contributed by atoms with E-state index in [-0.39, 0.29) is 12.6 Å². The number of nitrogens with one attached hydrogen (secondary N) is 1. The first-order valence-corrected chi connectivity index (χ1v) is 6.01. The molecule has 0 aromatic heterocycles. The zero-order valence-electron chi connectivity index (χ0n) is 10.1. The van der Waals surface area contributed by atoms with Gasteiger partial charge in [0.2, 0.25) is 0 Å². The lowest BCUT2D eigenvalue weighted by Crippen LogP contribution is -2.36. The molecule has 3 nitrogen and oxygen atoms in total. The Labute approximate surface area is 108 Å². The van der Waals surface area contributed by atoms with E-state index in [1.54, 1.807) is 6.07 Å². The Balaban J connectivity index is 2.10. The highest BCUT2D eigenvalue weighted by Crippen LogP contribution is 2.32. The van der Waals surface area contributed by atoms with Gasteiger partial charge in [-0.15, -0.1) is 0 Å². The van der Waals surface area contributed by atoms with E-state index in [0.717, 1.165) is 12.1 Å². The summed E-state index contributed by atoms with van der Waals surface area (Å²) in [5.41, 5.74) is -0.120. The van der Waals surface area contributed by atoms with Crippen LogP contribution in [0.15, 0.2) is 24.3 Å². The molecule has 0 spiro atoms.